The first-order valence-corrected chi connectivity index (χ1v) is 43.4. The van der Waals surface area contributed by atoms with Crippen molar-refractivity contribution in [3.63, 3.8) is 0 Å². The lowest BCUT2D eigenvalue weighted by molar-refractivity contribution is -0.302. The van der Waals surface area contributed by atoms with Crippen LogP contribution >= 0.6 is 0 Å². The van der Waals surface area contributed by atoms with Crippen LogP contribution in [-0.4, -0.2) is 100 Å². The van der Waals surface area contributed by atoms with Crippen molar-refractivity contribution in [3.8, 4) is 0 Å². The summed E-state index contributed by atoms with van der Waals surface area (Å²) in [6.07, 6.45) is 93.1. The van der Waals surface area contributed by atoms with Gasteiger partial charge in [0.05, 0.1) is 32.0 Å². The lowest BCUT2D eigenvalue weighted by atomic mass is 9.99. The van der Waals surface area contributed by atoms with Gasteiger partial charge in [-0.3, -0.25) is 9.59 Å². The summed E-state index contributed by atoms with van der Waals surface area (Å²) in [7, 11) is 0. The standard InChI is InChI=1S/C88H165NO10/c1-3-5-7-9-11-13-15-17-19-20-45-48-52-56-60-64-68-72-76-84(93)97-77-73-69-65-61-57-53-49-46-43-41-39-37-35-33-31-29-27-25-23-21-22-24-26-28-30-32-34-36-38-40-42-44-47-51-55-59-63-67-71-75-83(92)89-80(79-98-88-87(96)86(95)85(94)82(78-90)99-88)81(91)74-70-66-62-58-54-50-18-16-14-12-10-8-6-4-2/h21-22,25,27,54,58,70,74,80-82,85-88,90-91,94-96H,3-20,23-24,26,28-53,55-57,59-69,71-73,75-79H2,1-2H3,(H,89,92)/b22-21-,27-25-,58-54+,74-70+. The molecule has 1 aliphatic heterocycles. The van der Waals surface area contributed by atoms with E-state index in [2.05, 4.69) is 55.6 Å². The SMILES string of the molecule is CCCCCCCCCC/C=C/CC/C=C/C(O)C(COC1OC(CO)C(O)C(O)C1O)NC(=O)CCCCCCCCCCCCCCCCCCC/C=C\C/C=C\CCCCCCCCCCCCCCCCCOC(=O)CCCCCCCCCCCCCCCCCCCC. The summed E-state index contributed by atoms with van der Waals surface area (Å²) in [4.78, 5) is 25.2. The summed E-state index contributed by atoms with van der Waals surface area (Å²) in [5.74, 6) is -0.167. The Morgan fingerprint density at radius 3 is 1.06 bits per heavy atom. The highest BCUT2D eigenvalue weighted by atomic mass is 16.7. The van der Waals surface area contributed by atoms with Crippen LogP contribution in [0.1, 0.15) is 438 Å². The van der Waals surface area contributed by atoms with Crippen molar-refractivity contribution in [1.29, 1.82) is 0 Å². The third-order valence-electron chi connectivity index (χ3n) is 20.7. The number of carbonyl (C=O) groups excluding carboxylic acids is 2. The molecule has 7 unspecified atom stereocenters. The zero-order valence-corrected chi connectivity index (χ0v) is 65.2. The third kappa shape index (κ3) is 64.9. The second kappa shape index (κ2) is 76.7. The fourth-order valence-electron chi connectivity index (χ4n) is 13.9. The molecule has 1 amide bonds. The Bertz CT molecular complexity index is 1790. The first-order chi connectivity index (χ1) is 48.7. The molecule has 0 radical (unpaired) electrons. The second-order valence-electron chi connectivity index (χ2n) is 30.2. The minimum Gasteiger partial charge on any atom is -0.466 e. The predicted octanol–water partition coefficient (Wildman–Crippen LogP) is 24.2. The van der Waals surface area contributed by atoms with E-state index in [1.54, 1.807) is 6.08 Å². The first-order valence-electron chi connectivity index (χ1n) is 43.4. The van der Waals surface area contributed by atoms with Gasteiger partial charge in [0.15, 0.2) is 6.29 Å². The van der Waals surface area contributed by atoms with Crippen LogP contribution in [0, 0.1) is 0 Å². The molecule has 0 bridgehead atoms. The van der Waals surface area contributed by atoms with Gasteiger partial charge < -0.3 is 45.1 Å². The van der Waals surface area contributed by atoms with E-state index in [1.807, 2.05) is 6.08 Å². The van der Waals surface area contributed by atoms with Gasteiger partial charge in [-0.15, -0.1) is 0 Å². The molecule has 582 valence electrons. The summed E-state index contributed by atoms with van der Waals surface area (Å²) in [5, 5.41) is 54.6. The number of rotatable bonds is 78. The summed E-state index contributed by atoms with van der Waals surface area (Å²) in [6.45, 7) is 4.39. The molecule has 1 saturated heterocycles. The Labute approximate surface area is 612 Å². The number of aliphatic hydroxyl groups excluding tert-OH is 5. The number of hydrogen-bond donors (Lipinski definition) is 6. The molecular weight excluding hydrogens is 1230 g/mol. The van der Waals surface area contributed by atoms with Gasteiger partial charge in [0.2, 0.25) is 5.91 Å². The molecule has 1 aliphatic rings. The van der Waals surface area contributed by atoms with E-state index in [9.17, 15) is 35.1 Å². The van der Waals surface area contributed by atoms with Crippen molar-refractivity contribution in [1.82, 2.24) is 5.32 Å². The highest BCUT2D eigenvalue weighted by Crippen LogP contribution is 2.24. The van der Waals surface area contributed by atoms with E-state index in [0.29, 0.717) is 19.4 Å². The summed E-state index contributed by atoms with van der Waals surface area (Å²) >= 11 is 0. The Kier molecular flexibility index (Phi) is 73.4. The average molecular weight is 1400 g/mol. The molecule has 6 N–H and O–H groups in total. The summed E-state index contributed by atoms with van der Waals surface area (Å²) < 4.78 is 16.8. The van der Waals surface area contributed by atoms with Gasteiger partial charge >= 0.3 is 5.97 Å². The van der Waals surface area contributed by atoms with Crippen LogP contribution in [0.5, 0.6) is 0 Å². The summed E-state index contributed by atoms with van der Waals surface area (Å²) in [5.41, 5.74) is 0. The maximum Gasteiger partial charge on any atom is 0.305 e. The Morgan fingerprint density at radius 1 is 0.374 bits per heavy atom. The maximum absolute atomic E-state index is 13.1. The highest BCUT2D eigenvalue weighted by Gasteiger charge is 2.44. The molecular formula is C88H165NO10. The molecule has 11 heteroatoms. The maximum atomic E-state index is 13.1. The van der Waals surface area contributed by atoms with Crippen LogP contribution in [-0.2, 0) is 23.8 Å². The van der Waals surface area contributed by atoms with Crippen molar-refractivity contribution in [3.05, 3.63) is 48.6 Å². The molecule has 0 aromatic carbocycles. The monoisotopic (exact) mass is 1400 g/mol. The number of esters is 1. The van der Waals surface area contributed by atoms with E-state index in [0.717, 1.165) is 57.8 Å². The largest absolute Gasteiger partial charge is 0.466 e. The number of carbonyl (C=O) groups is 2. The molecule has 11 nitrogen and oxygen atoms in total. The van der Waals surface area contributed by atoms with E-state index in [-0.39, 0.29) is 18.5 Å². The second-order valence-corrected chi connectivity index (χ2v) is 30.2. The Hall–Kier alpha value is -2.38. The van der Waals surface area contributed by atoms with Gasteiger partial charge in [-0.2, -0.15) is 0 Å². The van der Waals surface area contributed by atoms with Crippen LogP contribution in [0.4, 0.5) is 0 Å². The topological polar surface area (TPSA) is 175 Å². The van der Waals surface area contributed by atoms with E-state index >= 15 is 0 Å². The van der Waals surface area contributed by atoms with Crippen LogP contribution in [0.2, 0.25) is 0 Å². The Morgan fingerprint density at radius 2 is 0.687 bits per heavy atom. The van der Waals surface area contributed by atoms with Gasteiger partial charge in [0.25, 0.3) is 0 Å². The number of nitrogens with one attached hydrogen (secondary N) is 1. The zero-order valence-electron chi connectivity index (χ0n) is 65.2. The molecule has 0 aromatic heterocycles. The van der Waals surface area contributed by atoms with Gasteiger partial charge in [0, 0.05) is 12.8 Å². The van der Waals surface area contributed by atoms with Crippen LogP contribution < -0.4 is 5.32 Å². The predicted molar refractivity (Wildman–Crippen MR) is 421 cm³/mol. The highest BCUT2D eigenvalue weighted by molar-refractivity contribution is 5.76. The molecule has 99 heavy (non-hydrogen) atoms. The summed E-state index contributed by atoms with van der Waals surface area (Å²) in [6, 6.07) is -0.826. The molecule has 1 fully saturated rings. The number of unbranched alkanes of at least 4 members (excludes halogenated alkanes) is 58. The van der Waals surface area contributed by atoms with Gasteiger partial charge in [-0.05, 0) is 77.0 Å². The van der Waals surface area contributed by atoms with Crippen molar-refractivity contribution >= 4 is 11.9 Å². The molecule has 0 aromatic rings. The normalized spacial score (nSPS) is 17.3. The molecule has 0 aliphatic carbocycles. The quantitative estimate of drug-likeness (QED) is 0.0195. The van der Waals surface area contributed by atoms with Gasteiger partial charge in [0.1, 0.15) is 24.4 Å². The van der Waals surface area contributed by atoms with Crippen LogP contribution in [0.3, 0.4) is 0 Å². The fourth-order valence-corrected chi connectivity index (χ4v) is 13.9. The zero-order chi connectivity index (χ0) is 71.5. The lowest BCUT2D eigenvalue weighted by Gasteiger charge is -2.40. The number of hydrogen-bond acceptors (Lipinski definition) is 10. The smallest absolute Gasteiger partial charge is 0.305 e. The van der Waals surface area contributed by atoms with Gasteiger partial charge in [-0.25, -0.2) is 0 Å². The van der Waals surface area contributed by atoms with Crippen molar-refractivity contribution < 1.29 is 49.3 Å². The molecule has 0 saturated carbocycles. The third-order valence-corrected chi connectivity index (χ3v) is 20.7. The molecule has 1 rings (SSSR count). The van der Waals surface area contributed by atoms with Gasteiger partial charge in [-0.1, -0.05) is 396 Å². The number of aliphatic hydroxyl groups is 5. The van der Waals surface area contributed by atoms with Crippen molar-refractivity contribution in [2.45, 2.75) is 480 Å². The van der Waals surface area contributed by atoms with Crippen molar-refractivity contribution in [2.75, 3.05) is 19.8 Å². The fraction of sp³-hybridized carbons (Fsp3) is 0.886. The van der Waals surface area contributed by atoms with Crippen LogP contribution in [0.25, 0.3) is 0 Å². The number of allylic oxidation sites excluding steroid dienone is 7. The Balaban J connectivity index is 1.89. The van der Waals surface area contributed by atoms with E-state index in [1.165, 1.54) is 353 Å². The van der Waals surface area contributed by atoms with Crippen LogP contribution in [0.15, 0.2) is 48.6 Å². The van der Waals surface area contributed by atoms with Crippen molar-refractivity contribution in [2.24, 2.45) is 0 Å². The molecule has 0 spiro atoms. The molecule has 7 atom stereocenters. The molecule has 1 heterocycles. The number of ether oxygens (including phenoxy) is 3. The first kappa shape index (κ1) is 94.6. The average Bonchev–Trinajstić information content (AvgIpc) is 0.825. The minimum atomic E-state index is -1.58. The minimum absolute atomic E-state index is 0.0197. The number of amides is 1. The lowest BCUT2D eigenvalue weighted by Crippen LogP contribution is -2.60. The van der Waals surface area contributed by atoms with E-state index in [4.69, 9.17) is 14.2 Å². The van der Waals surface area contributed by atoms with E-state index < -0.39 is 49.5 Å².